The summed E-state index contributed by atoms with van der Waals surface area (Å²) in [7, 11) is 0. The topological polar surface area (TPSA) is 47.3 Å². The number of nitrogens with one attached hydrogen (secondary N) is 1. The Bertz CT molecular complexity index is 371. The van der Waals surface area contributed by atoms with Crippen molar-refractivity contribution in [3.05, 3.63) is 20.8 Å². The third kappa shape index (κ3) is 2.80. The zero-order valence-electron chi connectivity index (χ0n) is 10.7. The first-order valence-electron chi connectivity index (χ1n) is 6.56. The minimum atomic E-state index is -0.144. The Hall–Kier alpha value is 0.0600. The summed E-state index contributed by atoms with van der Waals surface area (Å²) in [6.07, 6.45) is 5.92. The number of thiophene rings is 1. The molecule has 1 atom stereocenters. The maximum atomic E-state index is 6.15. The van der Waals surface area contributed by atoms with Gasteiger partial charge in [0.05, 0.1) is 11.6 Å². The van der Waals surface area contributed by atoms with E-state index in [0.717, 1.165) is 23.9 Å². The highest BCUT2D eigenvalue weighted by atomic mass is 79.9. The zero-order chi connectivity index (χ0) is 13.0. The van der Waals surface area contributed by atoms with E-state index in [0.29, 0.717) is 0 Å². The molecule has 1 saturated carbocycles. The van der Waals surface area contributed by atoms with Gasteiger partial charge in [-0.05, 0) is 47.1 Å². The monoisotopic (exact) mass is 332 g/mol. The van der Waals surface area contributed by atoms with Gasteiger partial charge in [-0.1, -0.05) is 19.3 Å². The molecule has 2 rings (SSSR count). The van der Waals surface area contributed by atoms with Crippen LogP contribution in [0.1, 0.15) is 49.9 Å². The lowest BCUT2D eigenvalue weighted by atomic mass is 9.78. The molecule has 3 nitrogen and oxygen atoms in total. The zero-order valence-corrected chi connectivity index (χ0v) is 13.1. The Morgan fingerprint density at radius 3 is 2.72 bits per heavy atom. The normalized spacial score (nSPS) is 20.8. The third-order valence-corrected chi connectivity index (χ3v) is 5.67. The predicted molar refractivity (Wildman–Crippen MR) is 79.5 cm³/mol. The minimum absolute atomic E-state index is 0.0760. The van der Waals surface area contributed by atoms with Crippen molar-refractivity contribution < 1.29 is 4.74 Å². The van der Waals surface area contributed by atoms with Gasteiger partial charge in [0.15, 0.2) is 0 Å². The Morgan fingerprint density at radius 2 is 2.22 bits per heavy atom. The van der Waals surface area contributed by atoms with Crippen LogP contribution in [0.4, 0.5) is 0 Å². The second-order valence-electron chi connectivity index (χ2n) is 4.79. The van der Waals surface area contributed by atoms with Crippen LogP contribution in [-0.4, -0.2) is 12.2 Å². The van der Waals surface area contributed by atoms with Crippen LogP contribution in [0.2, 0.25) is 0 Å². The molecule has 1 heterocycles. The van der Waals surface area contributed by atoms with Crippen LogP contribution < -0.4 is 11.3 Å². The Balaban J connectivity index is 2.29. The molecule has 102 valence electrons. The summed E-state index contributed by atoms with van der Waals surface area (Å²) in [5.41, 5.74) is 2.85. The number of hydrogen-bond donors (Lipinski definition) is 2. The molecule has 1 aliphatic rings. The maximum absolute atomic E-state index is 6.15. The van der Waals surface area contributed by atoms with Gasteiger partial charge in [0.25, 0.3) is 0 Å². The van der Waals surface area contributed by atoms with Crippen molar-refractivity contribution in [2.75, 3.05) is 6.61 Å². The van der Waals surface area contributed by atoms with E-state index in [-0.39, 0.29) is 11.6 Å². The molecule has 5 heteroatoms. The largest absolute Gasteiger partial charge is 0.373 e. The van der Waals surface area contributed by atoms with E-state index in [1.807, 2.05) is 0 Å². The van der Waals surface area contributed by atoms with Crippen molar-refractivity contribution in [3.63, 3.8) is 0 Å². The van der Waals surface area contributed by atoms with Gasteiger partial charge in [-0.15, -0.1) is 11.3 Å². The molecule has 1 aromatic heterocycles. The Labute approximate surface area is 121 Å². The fraction of sp³-hybridized carbons (Fsp3) is 0.692. The van der Waals surface area contributed by atoms with Gasteiger partial charge in [-0.25, -0.2) is 5.43 Å². The molecule has 0 saturated heterocycles. The number of rotatable bonds is 5. The number of ether oxygens (including phenoxy) is 1. The maximum Gasteiger partial charge on any atom is 0.0897 e. The van der Waals surface area contributed by atoms with Crippen molar-refractivity contribution in [1.82, 2.24) is 5.43 Å². The average molecular weight is 333 g/mol. The van der Waals surface area contributed by atoms with E-state index in [1.165, 1.54) is 24.1 Å². The molecule has 0 bridgehead atoms. The van der Waals surface area contributed by atoms with Crippen molar-refractivity contribution in [2.45, 2.75) is 50.7 Å². The molecular weight excluding hydrogens is 312 g/mol. The molecule has 1 aromatic rings. The van der Waals surface area contributed by atoms with Crippen molar-refractivity contribution in [3.8, 4) is 0 Å². The summed E-state index contributed by atoms with van der Waals surface area (Å²) < 4.78 is 7.27. The number of hydrazine groups is 1. The fourth-order valence-electron chi connectivity index (χ4n) is 2.93. The van der Waals surface area contributed by atoms with Crippen molar-refractivity contribution in [1.29, 1.82) is 0 Å². The van der Waals surface area contributed by atoms with Gasteiger partial charge >= 0.3 is 0 Å². The lowest BCUT2D eigenvalue weighted by molar-refractivity contribution is -0.0907. The first kappa shape index (κ1) is 14.5. The van der Waals surface area contributed by atoms with Gasteiger partial charge < -0.3 is 4.74 Å². The first-order valence-corrected chi connectivity index (χ1v) is 8.24. The fourth-order valence-corrected chi connectivity index (χ4v) is 4.70. The van der Waals surface area contributed by atoms with E-state index in [2.05, 4.69) is 39.7 Å². The molecule has 0 aromatic carbocycles. The second kappa shape index (κ2) is 6.48. The standard InChI is InChI=1S/C13H21BrN2OS/c1-2-17-13(7-4-3-5-8-13)12(16-15)11-10(14)6-9-18-11/h6,9,12,16H,2-5,7-8,15H2,1H3. The molecule has 0 amide bonds. The third-order valence-electron chi connectivity index (χ3n) is 3.73. The van der Waals surface area contributed by atoms with Crippen molar-refractivity contribution >= 4 is 27.3 Å². The highest BCUT2D eigenvalue weighted by Crippen LogP contribution is 2.44. The van der Waals surface area contributed by atoms with E-state index in [9.17, 15) is 0 Å². The quantitative estimate of drug-likeness (QED) is 0.637. The lowest BCUT2D eigenvalue weighted by Crippen LogP contribution is -2.49. The molecule has 1 fully saturated rings. The Morgan fingerprint density at radius 1 is 1.50 bits per heavy atom. The smallest absolute Gasteiger partial charge is 0.0897 e. The SMILES string of the molecule is CCOC1(C(NN)c2sccc2Br)CCCCC1. The summed E-state index contributed by atoms with van der Waals surface area (Å²) in [4.78, 5) is 1.24. The van der Waals surface area contributed by atoms with Gasteiger partial charge in [0.2, 0.25) is 0 Å². The molecule has 3 N–H and O–H groups in total. The van der Waals surface area contributed by atoms with Gasteiger partial charge in [-0.3, -0.25) is 5.84 Å². The minimum Gasteiger partial charge on any atom is -0.373 e. The van der Waals surface area contributed by atoms with Gasteiger partial charge in [-0.2, -0.15) is 0 Å². The van der Waals surface area contributed by atoms with Crippen LogP contribution in [0.25, 0.3) is 0 Å². The average Bonchev–Trinajstić information content (AvgIpc) is 2.78. The summed E-state index contributed by atoms with van der Waals surface area (Å²) in [5.74, 6) is 5.84. The van der Waals surface area contributed by atoms with Crippen LogP contribution in [0.5, 0.6) is 0 Å². The Kier molecular flexibility index (Phi) is 5.21. The summed E-state index contributed by atoms with van der Waals surface area (Å²) in [5, 5.41) is 2.09. The van der Waals surface area contributed by atoms with E-state index in [1.54, 1.807) is 11.3 Å². The van der Waals surface area contributed by atoms with Crippen LogP contribution in [-0.2, 0) is 4.74 Å². The molecule has 0 spiro atoms. The summed E-state index contributed by atoms with van der Waals surface area (Å²) in [6, 6.07) is 2.15. The van der Waals surface area contributed by atoms with Crippen molar-refractivity contribution in [2.24, 2.45) is 5.84 Å². The molecular formula is C13H21BrN2OS. The molecule has 0 aliphatic heterocycles. The van der Waals surface area contributed by atoms with Gasteiger partial charge in [0.1, 0.15) is 0 Å². The van der Waals surface area contributed by atoms with E-state index < -0.39 is 0 Å². The number of halogens is 1. The van der Waals surface area contributed by atoms with E-state index >= 15 is 0 Å². The van der Waals surface area contributed by atoms with Crippen LogP contribution >= 0.6 is 27.3 Å². The molecule has 1 aliphatic carbocycles. The second-order valence-corrected chi connectivity index (χ2v) is 6.59. The van der Waals surface area contributed by atoms with E-state index in [4.69, 9.17) is 10.6 Å². The summed E-state index contributed by atoms with van der Waals surface area (Å²) >= 11 is 5.34. The molecule has 0 radical (unpaired) electrons. The van der Waals surface area contributed by atoms with Crippen LogP contribution in [0.15, 0.2) is 15.9 Å². The predicted octanol–water partition coefficient (Wildman–Crippen LogP) is 3.75. The summed E-state index contributed by atoms with van der Waals surface area (Å²) in [6.45, 7) is 2.80. The highest BCUT2D eigenvalue weighted by molar-refractivity contribution is 9.10. The number of hydrogen-bond acceptors (Lipinski definition) is 4. The molecule has 1 unspecified atom stereocenters. The van der Waals surface area contributed by atoms with Crippen LogP contribution in [0, 0.1) is 0 Å². The highest BCUT2D eigenvalue weighted by Gasteiger charge is 2.42. The molecule has 18 heavy (non-hydrogen) atoms. The number of nitrogens with two attached hydrogens (primary N) is 1. The lowest BCUT2D eigenvalue weighted by Gasteiger charge is -2.42. The van der Waals surface area contributed by atoms with Crippen LogP contribution in [0.3, 0.4) is 0 Å². The first-order chi connectivity index (χ1) is 8.73. The van der Waals surface area contributed by atoms with Gasteiger partial charge in [0, 0.05) is 16.0 Å².